The van der Waals surface area contributed by atoms with Gasteiger partial charge in [0.1, 0.15) is 11.6 Å². The molecule has 0 saturated heterocycles. The van der Waals surface area contributed by atoms with Crippen LogP contribution in [0.1, 0.15) is 12.0 Å². The molecule has 0 fully saturated rings. The summed E-state index contributed by atoms with van der Waals surface area (Å²) in [7, 11) is 0. The maximum Gasteiger partial charge on any atom is 0.506 e. The summed E-state index contributed by atoms with van der Waals surface area (Å²) in [6, 6.07) is 5.17. The monoisotopic (exact) mass is 299 g/mol. The number of amides is 1. The number of rotatable bonds is 1. The minimum Gasteiger partial charge on any atom is -0.310 e. The van der Waals surface area contributed by atoms with Crippen molar-refractivity contribution >= 4 is 11.7 Å². The summed E-state index contributed by atoms with van der Waals surface area (Å²) in [6.07, 6.45) is -4.57. The number of carbonyl (C=O) groups is 1. The molecule has 4 nitrogen and oxygen atoms in total. The van der Waals surface area contributed by atoms with Crippen LogP contribution >= 0.6 is 0 Å². The van der Waals surface area contributed by atoms with E-state index in [0.717, 1.165) is 6.07 Å². The van der Waals surface area contributed by atoms with Gasteiger partial charge in [-0.05, 0) is 18.6 Å². The Labute approximate surface area is 116 Å². The van der Waals surface area contributed by atoms with E-state index in [1.54, 1.807) is 0 Å². The third kappa shape index (κ3) is 2.37. The molecular formula is C13H9F4N3O. The zero-order valence-corrected chi connectivity index (χ0v) is 10.5. The SMILES string of the molecule is O=C1CCc2c(-c3cccc(F)c3)nn(C(F)(F)F)c2N1. The van der Waals surface area contributed by atoms with E-state index in [4.69, 9.17) is 0 Å². The van der Waals surface area contributed by atoms with Crippen molar-refractivity contribution < 1.29 is 22.4 Å². The van der Waals surface area contributed by atoms with Crippen LogP contribution in [0, 0.1) is 5.82 Å². The Morgan fingerprint density at radius 3 is 2.67 bits per heavy atom. The van der Waals surface area contributed by atoms with Gasteiger partial charge in [-0.15, -0.1) is 13.2 Å². The summed E-state index contributed by atoms with van der Waals surface area (Å²) in [5, 5.41) is 5.71. The first kappa shape index (κ1) is 13.6. The molecule has 2 heterocycles. The van der Waals surface area contributed by atoms with Crippen molar-refractivity contribution in [3.8, 4) is 11.3 Å². The van der Waals surface area contributed by atoms with Crippen molar-refractivity contribution in [3.63, 3.8) is 0 Å². The predicted molar refractivity (Wildman–Crippen MR) is 65.9 cm³/mol. The molecule has 8 heteroatoms. The van der Waals surface area contributed by atoms with Crippen molar-refractivity contribution in [2.24, 2.45) is 0 Å². The number of anilines is 1. The highest BCUT2D eigenvalue weighted by molar-refractivity contribution is 5.94. The largest absolute Gasteiger partial charge is 0.506 e. The Kier molecular flexibility index (Phi) is 2.96. The topological polar surface area (TPSA) is 46.9 Å². The van der Waals surface area contributed by atoms with E-state index in [2.05, 4.69) is 10.4 Å². The van der Waals surface area contributed by atoms with Gasteiger partial charge in [0, 0.05) is 17.5 Å². The van der Waals surface area contributed by atoms with Gasteiger partial charge in [0.05, 0.1) is 5.69 Å². The summed E-state index contributed by atoms with van der Waals surface area (Å²) in [5.41, 5.74) is 0.532. The number of carbonyl (C=O) groups excluding carboxylic acids is 1. The van der Waals surface area contributed by atoms with Crippen LogP contribution in [-0.2, 0) is 17.5 Å². The summed E-state index contributed by atoms with van der Waals surface area (Å²) in [4.78, 5) is 11.3. The minimum absolute atomic E-state index is 0.0295. The number of aromatic nitrogens is 2. The van der Waals surface area contributed by atoms with Gasteiger partial charge in [-0.2, -0.15) is 9.78 Å². The molecule has 0 saturated carbocycles. The lowest BCUT2D eigenvalue weighted by molar-refractivity contribution is -0.210. The van der Waals surface area contributed by atoms with Crippen molar-refractivity contribution in [1.82, 2.24) is 9.78 Å². The molecule has 1 aromatic carbocycles. The molecular weight excluding hydrogens is 290 g/mol. The van der Waals surface area contributed by atoms with Crippen LogP contribution in [0.25, 0.3) is 11.3 Å². The Bertz CT molecular complexity index is 721. The quantitative estimate of drug-likeness (QED) is 0.823. The molecule has 0 unspecified atom stereocenters. The summed E-state index contributed by atoms with van der Waals surface area (Å²) < 4.78 is 52.0. The fourth-order valence-electron chi connectivity index (χ4n) is 2.30. The number of alkyl halides is 3. The molecule has 1 aliphatic rings. The fourth-order valence-corrected chi connectivity index (χ4v) is 2.30. The Morgan fingerprint density at radius 2 is 2.00 bits per heavy atom. The third-order valence-corrected chi connectivity index (χ3v) is 3.18. The molecule has 0 atom stereocenters. The van der Waals surface area contributed by atoms with E-state index in [0.29, 0.717) is 0 Å². The van der Waals surface area contributed by atoms with Gasteiger partial charge in [-0.25, -0.2) is 4.39 Å². The van der Waals surface area contributed by atoms with Gasteiger partial charge >= 0.3 is 6.30 Å². The molecule has 1 amide bonds. The van der Waals surface area contributed by atoms with Gasteiger partial charge in [0.2, 0.25) is 5.91 Å². The molecule has 1 N–H and O–H groups in total. The van der Waals surface area contributed by atoms with Crippen LogP contribution in [0.4, 0.5) is 23.4 Å². The summed E-state index contributed by atoms with van der Waals surface area (Å²) in [6.45, 7) is 0. The van der Waals surface area contributed by atoms with E-state index in [1.807, 2.05) is 0 Å². The third-order valence-electron chi connectivity index (χ3n) is 3.18. The number of nitrogens with zero attached hydrogens (tertiary/aromatic N) is 2. The van der Waals surface area contributed by atoms with Crippen molar-refractivity contribution in [2.75, 3.05) is 5.32 Å². The standard InChI is InChI=1S/C13H9F4N3O/c14-8-3-1-2-7(6-8)11-9-4-5-10(21)18-12(9)20(19-11)13(15,16)17/h1-3,6H,4-5H2,(H,18,21). The maximum atomic E-state index is 13.3. The second-order valence-corrected chi connectivity index (χ2v) is 4.61. The lowest BCUT2D eigenvalue weighted by Crippen LogP contribution is -2.26. The zero-order valence-electron chi connectivity index (χ0n) is 10.5. The molecule has 21 heavy (non-hydrogen) atoms. The molecule has 1 aromatic heterocycles. The van der Waals surface area contributed by atoms with Crippen LogP contribution < -0.4 is 5.32 Å². The highest BCUT2D eigenvalue weighted by atomic mass is 19.4. The van der Waals surface area contributed by atoms with E-state index >= 15 is 0 Å². The lowest BCUT2D eigenvalue weighted by Gasteiger charge is -2.16. The molecule has 0 spiro atoms. The van der Waals surface area contributed by atoms with Crippen molar-refractivity contribution in [1.29, 1.82) is 0 Å². The van der Waals surface area contributed by atoms with E-state index in [9.17, 15) is 22.4 Å². The van der Waals surface area contributed by atoms with Crippen LogP contribution in [0.3, 0.4) is 0 Å². The minimum atomic E-state index is -4.76. The van der Waals surface area contributed by atoms with Crippen LogP contribution in [0.2, 0.25) is 0 Å². The van der Waals surface area contributed by atoms with Gasteiger partial charge in [0.15, 0.2) is 0 Å². The Hall–Kier alpha value is -2.38. The molecule has 110 valence electrons. The lowest BCUT2D eigenvalue weighted by atomic mass is 10.0. The average Bonchev–Trinajstić information content (AvgIpc) is 2.77. The number of fused-ring (bicyclic) bond motifs is 1. The zero-order chi connectivity index (χ0) is 15.2. The van der Waals surface area contributed by atoms with Crippen LogP contribution in [-0.4, -0.2) is 15.7 Å². The van der Waals surface area contributed by atoms with Gasteiger partial charge in [-0.1, -0.05) is 12.1 Å². The average molecular weight is 299 g/mol. The molecule has 1 aliphatic heterocycles. The Balaban J connectivity index is 2.21. The predicted octanol–water partition coefficient (Wildman–Crippen LogP) is 3.05. The second-order valence-electron chi connectivity index (χ2n) is 4.61. The number of hydrogen-bond acceptors (Lipinski definition) is 2. The fraction of sp³-hybridized carbons (Fsp3) is 0.231. The molecule has 3 rings (SSSR count). The van der Waals surface area contributed by atoms with Crippen molar-refractivity contribution in [2.45, 2.75) is 19.1 Å². The molecule has 0 radical (unpaired) electrons. The van der Waals surface area contributed by atoms with Gasteiger partial charge < -0.3 is 5.32 Å². The van der Waals surface area contributed by atoms with Gasteiger partial charge in [0.25, 0.3) is 0 Å². The Morgan fingerprint density at radius 1 is 1.24 bits per heavy atom. The first-order valence-electron chi connectivity index (χ1n) is 6.11. The van der Waals surface area contributed by atoms with E-state index in [1.165, 1.54) is 18.2 Å². The summed E-state index contributed by atoms with van der Waals surface area (Å²) in [5.74, 6) is -1.46. The van der Waals surface area contributed by atoms with Crippen LogP contribution in [0.15, 0.2) is 24.3 Å². The highest BCUT2D eigenvalue weighted by Gasteiger charge is 2.39. The van der Waals surface area contributed by atoms with Crippen LogP contribution in [0.5, 0.6) is 0 Å². The smallest absolute Gasteiger partial charge is 0.310 e. The normalized spacial score (nSPS) is 14.8. The number of nitrogens with one attached hydrogen (secondary N) is 1. The maximum absolute atomic E-state index is 13.3. The highest BCUT2D eigenvalue weighted by Crippen LogP contribution is 2.37. The van der Waals surface area contributed by atoms with Crippen molar-refractivity contribution in [3.05, 3.63) is 35.6 Å². The van der Waals surface area contributed by atoms with Gasteiger partial charge in [-0.3, -0.25) is 4.79 Å². The number of benzene rings is 1. The number of halogens is 4. The first-order valence-corrected chi connectivity index (χ1v) is 6.11. The van der Waals surface area contributed by atoms with E-state index in [-0.39, 0.29) is 34.3 Å². The van der Waals surface area contributed by atoms with E-state index < -0.39 is 23.8 Å². The summed E-state index contributed by atoms with van der Waals surface area (Å²) >= 11 is 0. The molecule has 0 bridgehead atoms. The first-order chi connectivity index (χ1) is 9.86. The second kappa shape index (κ2) is 4.57. The molecule has 0 aliphatic carbocycles. The number of hydrogen-bond donors (Lipinski definition) is 1. The molecule has 2 aromatic rings.